The lowest BCUT2D eigenvalue weighted by molar-refractivity contribution is 0.519. The Morgan fingerprint density at radius 2 is 2.18 bits per heavy atom. The number of hydrogen-bond acceptors (Lipinski definition) is 4. The Labute approximate surface area is 101 Å². The molecule has 0 amide bonds. The summed E-state index contributed by atoms with van der Waals surface area (Å²) < 4.78 is 5.74. The van der Waals surface area contributed by atoms with E-state index < -0.39 is 0 Å². The van der Waals surface area contributed by atoms with Crippen LogP contribution in [0, 0.1) is 5.92 Å². The zero-order valence-electron chi connectivity index (χ0n) is 10.4. The van der Waals surface area contributed by atoms with E-state index in [2.05, 4.69) is 23.7 Å². The van der Waals surface area contributed by atoms with Gasteiger partial charge in [-0.3, -0.25) is 0 Å². The molecule has 0 fully saturated rings. The van der Waals surface area contributed by atoms with Crippen LogP contribution >= 0.6 is 0 Å². The summed E-state index contributed by atoms with van der Waals surface area (Å²) in [6.07, 6.45) is 0. The largest absolute Gasteiger partial charge is 0.423 e. The van der Waals surface area contributed by atoms with Crippen LogP contribution in [0.4, 0.5) is 6.01 Å². The third-order valence-electron chi connectivity index (χ3n) is 2.87. The molecule has 1 aromatic heterocycles. The maximum absolute atomic E-state index is 5.74. The molecule has 0 bridgehead atoms. The van der Waals surface area contributed by atoms with Crippen molar-refractivity contribution in [1.29, 1.82) is 0 Å². The van der Waals surface area contributed by atoms with Crippen LogP contribution in [0.5, 0.6) is 0 Å². The first kappa shape index (κ1) is 11.9. The number of oxazole rings is 1. The van der Waals surface area contributed by atoms with Crippen molar-refractivity contribution < 1.29 is 4.42 Å². The van der Waals surface area contributed by atoms with Crippen molar-refractivity contribution in [3.8, 4) is 0 Å². The second-order valence-electron chi connectivity index (χ2n) is 4.34. The third kappa shape index (κ3) is 2.58. The summed E-state index contributed by atoms with van der Waals surface area (Å²) in [6, 6.07) is 8.51. The molecule has 0 aliphatic heterocycles. The van der Waals surface area contributed by atoms with Gasteiger partial charge in [-0.2, -0.15) is 4.98 Å². The summed E-state index contributed by atoms with van der Waals surface area (Å²) in [6.45, 7) is 6.65. The fraction of sp³-hybridized carbons (Fsp3) is 0.462. The van der Waals surface area contributed by atoms with Gasteiger partial charge < -0.3 is 15.1 Å². The molecule has 0 spiro atoms. The smallest absolute Gasteiger partial charge is 0.298 e. The number of hydrogen-bond donors (Lipinski definition) is 1. The Hall–Kier alpha value is -1.55. The molecule has 0 saturated carbocycles. The van der Waals surface area contributed by atoms with Gasteiger partial charge in [-0.15, -0.1) is 0 Å². The van der Waals surface area contributed by atoms with Crippen molar-refractivity contribution in [2.75, 3.05) is 24.5 Å². The molecule has 2 rings (SSSR count). The minimum atomic E-state index is 0.435. The molecule has 1 unspecified atom stereocenters. The third-order valence-corrected chi connectivity index (χ3v) is 2.87. The first-order valence-electron chi connectivity index (χ1n) is 6.05. The molecule has 0 aliphatic carbocycles. The number of fused-ring (bicyclic) bond motifs is 1. The molecule has 4 heteroatoms. The predicted molar refractivity (Wildman–Crippen MR) is 70.1 cm³/mol. The minimum Gasteiger partial charge on any atom is -0.423 e. The first-order chi connectivity index (χ1) is 8.24. The highest BCUT2D eigenvalue weighted by Crippen LogP contribution is 2.21. The number of nitrogens with zero attached hydrogens (tertiary/aromatic N) is 2. The number of para-hydroxylation sites is 2. The van der Waals surface area contributed by atoms with Crippen LogP contribution in [-0.4, -0.2) is 24.6 Å². The molecule has 1 atom stereocenters. The van der Waals surface area contributed by atoms with Crippen molar-refractivity contribution >= 4 is 17.1 Å². The Morgan fingerprint density at radius 1 is 1.41 bits per heavy atom. The van der Waals surface area contributed by atoms with Gasteiger partial charge in [-0.1, -0.05) is 19.1 Å². The van der Waals surface area contributed by atoms with E-state index in [9.17, 15) is 0 Å². The maximum Gasteiger partial charge on any atom is 0.298 e. The van der Waals surface area contributed by atoms with Gasteiger partial charge in [0.2, 0.25) is 0 Å². The summed E-state index contributed by atoms with van der Waals surface area (Å²) in [5.74, 6) is 0.435. The number of nitrogens with two attached hydrogens (primary N) is 1. The molecule has 0 radical (unpaired) electrons. The van der Waals surface area contributed by atoms with E-state index in [4.69, 9.17) is 10.2 Å². The second-order valence-corrected chi connectivity index (χ2v) is 4.34. The van der Waals surface area contributed by atoms with Crippen LogP contribution in [0.15, 0.2) is 28.7 Å². The lowest BCUT2D eigenvalue weighted by Crippen LogP contribution is -2.31. The normalized spacial score (nSPS) is 12.9. The summed E-state index contributed by atoms with van der Waals surface area (Å²) in [5.41, 5.74) is 7.39. The summed E-state index contributed by atoms with van der Waals surface area (Å²) >= 11 is 0. The van der Waals surface area contributed by atoms with Gasteiger partial charge in [0.25, 0.3) is 6.01 Å². The second kappa shape index (κ2) is 5.19. The van der Waals surface area contributed by atoms with E-state index in [0.29, 0.717) is 18.5 Å². The van der Waals surface area contributed by atoms with Crippen LogP contribution in [0.1, 0.15) is 13.8 Å². The molecule has 0 aliphatic rings. The maximum atomic E-state index is 5.74. The van der Waals surface area contributed by atoms with Crippen LogP contribution < -0.4 is 10.6 Å². The van der Waals surface area contributed by atoms with Crippen molar-refractivity contribution in [1.82, 2.24) is 4.98 Å². The van der Waals surface area contributed by atoms with E-state index in [1.165, 1.54) is 0 Å². The van der Waals surface area contributed by atoms with Crippen molar-refractivity contribution in [2.45, 2.75) is 13.8 Å². The Bertz CT molecular complexity index is 447. The summed E-state index contributed by atoms with van der Waals surface area (Å²) in [5, 5.41) is 0. The Balaban J connectivity index is 2.24. The Kier molecular flexibility index (Phi) is 3.64. The van der Waals surface area contributed by atoms with Gasteiger partial charge in [-0.25, -0.2) is 0 Å². The van der Waals surface area contributed by atoms with Crippen molar-refractivity contribution in [2.24, 2.45) is 11.7 Å². The van der Waals surface area contributed by atoms with E-state index in [0.717, 1.165) is 24.2 Å². The van der Waals surface area contributed by atoms with Crippen molar-refractivity contribution in [3.05, 3.63) is 24.3 Å². The van der Waals surface area contributed by atoms with Gasteiger partial charge in [0.1, 0.15) is 5.52 Å². The SMILES string of the molecule is CCN(CC(C)CN)c1nc2ccccc2o1. The van der Waals surface area contributed by atoms with Gasteiger partial charge in [-0.05, 0) is 31.5 Å². The number of anilines is 1. The lowest BCUT2D eigenvalue weighted by Gasteiger charge is -2.21. The zero-order chi connectivity index (χ0) is 12.3. The predicted octanol–water partition coefficient (Wildman–Crippen LogP) is 2.25. The molecule has 2 N–H and O–H groups in total. The monoisotopic (exact) mass is 233 g/mol. The quantitative estimate of drug-likeness (QED) is 0.860. The van der Waals surface area contributed by atoms with Gasteiger partial charge >= 0.3 is 0 Å². The highest BCUT2D eigenvalue weighted by atomic mass is 16.4. The van der Waals surface area contributed by atoms with Gasteiger partial charge in [0.15, 0.2) is 5.58 Å². The fourth-order valence-corrected chi connectivity index (χ4v) is 1.79. The van der Waals surface area contributed by atoms with Crippen LogP contribution in [0.2, 0.25) is 0 Å². The molecule has 92 valence electrons. The van der Waals surface area contributed by atoms with E-state index in [1.807, 2.05) is 24.3 Å². The summed E-state index contributed by atoms with van der Waals surface area (Å²) in [4.78, 5) is 6.61. The Morgan fingerprint density at radius 3 is 2.82 bits per heavy atom. The van der Waals surface area contributed by atoms with Crippen LogP contribution in [0.3, 0.4) is 0 Å². The topological polar surface area (TPSA) is 55.3 Å². The first-order valence-corrected chi connectivity index (χ1v) is 6.05. The van der Waals surface area contributed by atoms with Crippen LogP contribution in [0.25, 0.3) is 11.1 Å². The molecule has 1 aromatic carbocycles. The molecular formula is C13H19N3O. The molecule has 1 heterocycles. The average Bonchev–Trinajstić information content (AvgIpc) is 2.78. The lowest BCUT2D eigenvalue weighted by atomic mass is 10.2. The summed E-state index contributed by atoms with van der Waals surface area (Å²) in [7, 11) is 0. The van der Waals surface area contributed by atoms with E-state index in [1.54, 1.807) is 0 Å². The average molecular weight is 233 g/mol. The van der Waals surface area contributed by atoms with Gasteiger partial charge in [0, 0.05) is 13.1 Å². The van der Waals surface area contributed by atoms with E-state index in [-0.39, 0.29) is 0 Å². The van der Waals surface area contributed by atoms with E-state index >= 15 is 0 Å². The molecule has 2 aromatic rings. The van der Waals surface area contributed by atoms with Crippen LogP contribution in [-0.2, 0) is 0 Å². The standard InChI is InChI=1S/C13H19N3O/c1-3-16(9-10(2)8-14)13-15-11-6-4-5-7-12(11)17-13/h4-7,10H,3,8-9,14H2,1-2H3. The highest BCUT2D eigenvalue weighted by molar-refractivity contribution is 5.74. The molecule has 17 heavy (non-hydrogen) atoms. The molecular weight excluding hydrogens is 214 g/mol. The molecule has 0 saturated heterocycles. The number of rotatable bonds is 5. The number of aromatic nitrogens is 1. The molecule has 4 nitrogen and oxygen atoms in total. The van der Waals surface area contributed by atoms with Gasteiger partial charge in [0.05, 0.1) is 0 Å². The highest BCUT2D eigenvalue weighted by Gasteiger charge is 2.14. The minimum absolute atomic E-state index is 0.435. The fourth-order valence-electron chi connectivity index (χ4n) is 1.79. The van der Waals surface area contributed by atoms with Crippen molar-refractivity contribution in [3.63, 3.8) is 0 Å². The number of benzene rings is 1. The zero-order valence-corrected chi connectivity index (χ0v) is 10.4.